The highest BCUT2D eigenvalue weighted by molar-refractivity contribution is 5.37. The van der Waals surface area contributed by atoms with Crippen LogP contribution in [0, 0.1) is 12.7 Å². The van der Waals surface area contributed by atoms with Crippen LogP contribution < -0.4 is 5.73 Å². The van der Waals surface area contributed by atoms with Gasteiger partial charge in [0.15, 0.2) is 0 Å². The van der Waals surface area contributed by atoms with E-state index in [4.69, 9.17) is 5.73 Å². The third kappa shape index (κ3) is 1.25. The SMILES string of the molecule is Cc1cccc(C2(C(C)N)CC2)c1F. The minimum atomic E-state index is -0.0733. The fourth-order valence-electron chi connectivity index (χ4n) is 2.14. The molecule has 2 heteroatoms. The largest absolute Gasteiger partial charge is 0.327 e. The summed E-state index contributed by atoms with van der Waals surface area (Å²) in [7, 11) is 0. The van der Waals surface area contributed by atoms with Crippen LogP contribution in [0.1, 0.15) is 30.9 Å². The Morgan fingerprint density at radius 3 is 2.57 bits per heavy atom. The number of halogens is 1. The van der Waals surface area contributed by atoms with Crippen molar-refractivity contribution < 1.29 is 4.39 Å². The van der Waals surface area contributed by atoms with E-state index in [0.717, 1.165) is 24.0 Å². The summed E-state index contributed by atoms with van der Waals surface area (Å²) >= 11 is 0. The Balaban J connectivity index is 2.47. The van der Waals surface area contributed by atoms with Crippen molar-refractivity contribution in [1.29, 1.82) is 0 Å². The molecule has 1 unspecified atom stereocenters. The van der Waals surface area contributed by atoms with Crippen molar-refractivity contribution in [3.8, 4) is 0 Å². The fourth-order valence-corrected chi connectivity index (χ4v) is 2.14. The zero-order valence-corrected chi connectivity index (χ0v) is 8.68. The van der Waals surface area contributed by atoms with Crippen molar-refractivity contribution in [3.05, 3.63) is 35.1 Å². The van der Waals surface area contributed by atoms with Gasteiger partial charge in [-0.2, -0.15) is 0 Å². The first kappa shape index (κ1) is 9.66. The van der Waals surface area contributed by atoms with Crippen LogP contribution in [0.5, 0.6) is 0 Å². The molecule has 2 rings (SSSR count). The average Bonchev–Trinajstić information content (AvgIpc) is 2.90. The Hall–Kier alpha value is -0.890. The Labute approximate surface area is 84.1 Å². The predicted octanol–water partition coefficient (Wildman–Crippen LogP) is 2.51. The molecule has 0 amide bonds. The molecule has 0 aliphatic heterocycles. The first-order valence-corrected chi connectivity index (χ1v) is 5.09. The van der Waals surface area contributed by atoms with Crippen molar-refractivity contribution in [2.45, 2.75) is 38.1 Å². The van der Waals surface area contributed by atoms with E-state index >= 15 is 0 Å². The molecule has 0 bridgehead atoms. The monoisotopic (exact) mass is 193 g/mol. The molecule has 1 aliphatic carbocycles. The molecule has 0 aromatic heterocycles. The maximum atomic E-state index is 13.8. The molecule has 1 saturated carbocycles. The van der Waals surface area contributed by atoms with Gasteiger partial charge in [-0.05, 0) is 37.8 Å². The second-order valence-electron chi connectivity index (χ2n) is 4.38. The molecule has 1 aromatic carbocycles. The summed E-state index contributed by atoms with van der Waals surface area (Å²) in [5.41, 5.74) is 7.37. The summed E-state index contributed by atoms with van der Waals surface area (Å²) in [5.74, 6) is -0.0673. The lowest BCUT2D eigenvalue weighted by atomic mass is 9.88. The molecule has 1 atom stereocenters. The fraction of sp³-hybridized carbons (Fsp3) is 0.500. The summed E-state index contributed by atoms with van der Waals surface area (Å²) in [6, 6.07) is 5.63. The average molecular weight is 193 g/mol. The van der Waals surface area contributed by atoms with Gasteiger partial charge in [-0.25, -0.2) is 4.39 Å². The highest BCUT2D eigenvalue weighted by Crippen LogP contribution is 2.51. The van der Waals surface area contributed by atoms with E-state index in [9.17, 15) is 4.39 Å². The first-order valence-electron chi connectivity index (χ1n) is 5.09. The molecule has 0 radical (unpaired) electrons. The van der Waals surface area contributed by atoms with Crippen LogP contribution in [0.25, 0.3) is 0 Å². The summed E-state index contributed by atoms with van der Waals surface area (Å²) < 4.78 is 13.8. The number of nitrogens with two attached hydrogens (primary N) is 1. The van der Waals surface area contributed by atoms with Gasteiger partial charge in [0.1, 0.15) is 5.82 Å². The van der Waals surface area contributed by atoms with Crippen molar-refractivity contribution in [1.82, 2.24) is 0 Å². The first-order chi connectivity index (χ1) is 6.58. The minimum absolute atomic E-state index is 0.0406. The van der Waals surface area contributed by atoms with E-state index in [-0.39, 0.29) is 17.3 Å². The lowest BCUT2D eigenvalue weighted by Crippen LogP contribution is -2.32. The van der Waals surface area contributed by atoms with Gasteiger partial charge < -0.3 is 5.73 Å². The second-order valence-corrected chi connectivity index (χ2v) is 4.38. The molecular weight excluding hydrogens is 177 g/mol. The molecule has 1 fully saturated rings. The van der Waals surface area contributed by atoms with Crippen LogP contribution >= 0.6 is 0 Å². The van der Waals surface area contributed by atoms with E-state index in [1.54, 1.807) is 13.0 Å². The van der Waals surface area contributed by atoms with Gasteiger partial charge in [-0.15, -0.1) is 0 Å². The summed E-state index contributed by atoms with van der Waals surface area (Å²) in [6.45, 7) is 3.77. The molecule has 2 N–H and O–H groups in total. The highest BCUT2D eigenvalue weighted by Gasteiger charge is 2.48. The van der Waals surface area contributed by atoms with E-state index in [1.807, 2.05) is 19.1 Å². The van der Waals surface area contributed by atoms with Gasteiger partial charge in [0, 0.05) is 11.5 Å². The van der Waals surface area contributed by atoms with Crippen LogP contribution in [0.2, 0.25) is 0 Å². The van der Waals surface area contributed by atoms with Crippen molar-refractivity contribution >= 4 is 0 Å². The predicted molar refractivity (Wildman–Crippen MR) is 55.7 cm³/mol. The smallest absolute Gasteiger partial charge is 0.129 e. The topological polar surface area (TPSA) is 26.0 Å². The van der Waals surface area contributed by atoms with E-state index in [1.165, 1.54) is 0 Å². The molecule has 1 aliphatic rings. The van der Waals surface area contributed by atoms with Gasteiger partial charge >= 0.3 is 0 Å². The highest BCUT2D eigenvalue weighted by atomic mass is 19.1. The number of hydrogen-bond donors (Lipinski definition) is 1. The van der Waals surface area contributed by atoms with Gasteiger partial charge in [-0.3, -0.25) is 0 Å². The van der Waals surface area contributed by atoms with Crippen LogP contribution in [-0.4, -0.2) is 6.04 Å². The quantitative estimate of drug-likeness (QED) is 0.767. The van der Waals surface area contributed by atoms with Crippen molar-refractivity contribution in [2.24, 2.45) is 5.73 Å². The molecule has 1 aromatic rings. The summed E-state index contributed by atoms with van der Waals surface area (Å²) in [5, 5.41) is 0. The number of benzene rings is 1. The van der Waals surface area contributed by atoms with Crippen molar-refractivity contribution in [3.63, 3.8) is 0 Å². The Morgan fingerprint density at radius 2 is 2.07 bits per heavy atom. The van der Waals surface area contributed by atoms with Gasteiger partial charge in [-0.1, -0.05) is 18.2 Å². The summed E-state index contributed by atoms with van der Waals surface area (Å²) in [4.78, 5) is 0. The molecule has 1 nitrogen and oxygen atoms in total. The standard InChI is InChI=1S/C12H16FN/c1-8-4-3-5-10(11(8)13)12(6-7-12)9(2)14/h3-5,9H,6-7,14H2,1-2H3. The molecule has 0 heterocycles. The maximum Gasteiger partial charge on any atom is 0.129 e. The van der Waals surface area contributed by atoms with E-state index in [2.05, 4.69) is 0 Å². The second kappa shape index (κ2) is 3.06. The third-order valence-corrected chi connectivity index (χ3v) is 3.39. The summed E-state index contributed by atoms with van der Waals surface area (Å²) in [6.07, 6.45) is 2.04. The van der Waals surface area contributed by atoms with E-state index in [0.29, 0.717) is 0 Å². The van der Waals surface area contributed by atoms with E-state index < -0.39 is 0 Å². The zero-order valence-electron chi connectivity index (χ0n) is 8.68. The Bertz CT molecular complexity index is 353. The van der Waals surface area contributed by atoms with Gasteiger partial charge in [0.05, 0.1) is 0 Å². The molecule has 14 heavy (non-hydrogen) atoms. The number of rotatable bonds is 2. The maximum absolute atomic E-state index is 13.8. The van der Waals surface area contributed by atoms with Gasteiger partial charge in [0.2, 0.25) is 0 Å². The van der Waals surface area contributed by atoms with Crippen molar-refractivity contribution in [2.75, 3.05) is 0 Å². The lowest BCUT2D eigenvalue weighted by molar-refractivity contribution is 0.509. The van der Waals surface area contributed by atoms with Crippen LogP contribution in [0.4, 0.5) is 4.39 Å². The zero-order chi connectivity index (χ0) is 10.3. The van der Waals surface area contributed by atoms with Crippen LogP contribution in [-0.2, 0) is 5.41 Å². The Morgan fingerprint density at radius 1 is 1.43 bits per heavy atom. The molecular formula is C12H16FN. The van der Waals surface area contributed by atoms with Crippen LogP contribution in [0.15, 0.2) is 18.2 Å². The normalized spacial score (nSPS) is 20.6. The Kier molecular flexibility index (Phi) is 2.11. The third-order valence-electron chi connectivity index (χ3n) is 3.39. The lowest BCUT2D eigenvalue weighted by Gasteiger charge is -2.21. The molecule has 76 valence electrons. The van der Waals surface area contributed by atoms with Crippen LogP contribution in [0.3, 0.4) is 0 Å². The van der Waals surface area contributed by atoms with Gasteiger partial charge in [0.25, 0.3) is 0 Å². The number of hydrogen-bond acceptors (Lipinski definition) is 1. The molecule has 0 saturated heterocycles. The number of aryl methyl sites for hydroxylation is 1. The molecule has 0 spiro atoms. The minimum Gasteiger partial charge on any atom is -0.327 e.